The maximum atomic E-state index is 4.98. The third-order valence-corrected chi connectivity index (χ3v) is 5.67. The van der Waals surface area contributed by atoms with Crippen molar-refractivity contribution in [2.75, 3.05) is 5.32 Å². The fourth-order valence-electron chi connectivity index (χ4n) is 4.03. The summed E-state index contributed by atoms with van der Waals surface area (Å²) in [6, 6.07) is 14.0. The topological polar surface area (TPSA) is 92.3 Å². The van der Waals surface area contributed by atoms with Crippen LogP contribution in [0.2, 0.25) is 0 Å². The van der Waals surface area contributed by atoms with E-state index in [0.29, 0.717) is 12.4 Å². The Bertz CT molecular complexity index is 1550. The van der Waals surface area contributed by atoms with Crippen molar-refractivity contribution < 1.29 is 0 Å². The molecule has 4 heterocycles. The highest BCUT2D eigenvalue weighted by Crippen LogP contribution is 2.33. The van der Waals surface area contributed by atoms with Gasteiger partial charge in [0.1, 0.15) is 5.82 Å². The summed E-state index contributed by atoms with van der Waals surface area (Å²) in [6.07, 6.45) is 16.8. The number of allylic oxidation sites excluding steroid dienone is 5. The number of aromatic amines is 1. The van der Waals surface area contributed by atoms with E-state index in [9.17, 15) is 0 Å². The molecule has 0 aliphatic carbocycles. The average molecular weight is 472 g/mol. The molecular formula is C29H25N7. The van der Waals surface area contributed by atoms with Crippen molar-refractivity contribution in [1.29, 1.82) is 0 Å². The Kier molecular flexibility index (Phi) is 6.71. The van der Waals surface area contributed by atoms with E-state index in [2.05, 4.69) is 44.2 Å². The van der Waals surface area contributed by atoms with Gasteiger partial charge in [0.15, 0.2) is 5.82 Å². The Hall–Kier alpha value is -4.91. The second kappa shape index (κ2) is 10.6. The van der Waals surface area contributed by atoms with Crippen LogP contribution in [-0.4, -0.2) is 30.1 Å². The van der Waals surface area contributed by atoms with Crippen LogP contribution in [0, 0.1) is 0 Å². The maximum Gasteiger partial charge on any atom is 0.163 e. The first kappa shape index (κ1) is 22.9. The van der Waals surface area contributed by atoms with Crippen molar-refractivity contribution >= 4 is 22.3 Å². The predicted octanol–water partition coefficient (Wildman–Crippen LogP) is 6.23. The molecule has 7 nitrogen and oxygen atoms in total. The van der Waals surface area contributed by atoms with E-state index in [1.165, 1.54) is 0 Å². The van der Waals surface area contributed by atoms with E-state index >= 15 is 0 Å². The van der Waals surface area contributed by atoms with Gasteiger partial charge in [0.2, 0.25) is 0 Å². The minimum Gasteiger partial charge on any atom is -0.364 e. The van der Waals surface area contributed by atoms with Gasteiger partial charge in [0.05, 0.1) is 29.3 Å². The van der Waals surface area contributed by atoms with Crippen LogP contribution in [-0.2, 0) is 6.54 Å². The number of rotatable bonds is 8. The summed E-state index contributed by atoms with van der Waals surface area (Å²) in [5.74, 6) is 1.31. The first-order valence-electron chi connectivity index (χ1n) is 11.6. The molecule has 0 fully saturated rings. The van der Waals surface area contributed by atoms with Gasteiger partial charge in [0.25, 0.3) is 0 Å². The Morgan fingerprint density at radius 2 is 1.94 bits per heavy atom. The molecule has 0 aliphatic heterocycles. The number of pyridine rings is 2. The summed E-state index contributed by atoms with van der Waals surface area (Å²) < 4.78 is 0. The van der Waals surface area contributed by atoms with E-state index in [1.54, 1.807) is 30.9 Å². The van der Waals surface area contributed by atoms with Crippen LogP contribution in [0.1, 0.15) is 18.2 Å². The number of anilines is 1. The summed E-state index contributed by atoms with van der Waals surface area (Å²) in [4.78, 5) is 18.8. The van der Waals surface area contributed by atoms with Gasteiger partial charge >= 0.3 is 0 Å². The molecule has 1 aromatic carbocycles. The van der Waals surface area contributed by atoms with Crippen molar-refractivity contribution in [1.82, 2.24) is 30.1 Å². The van der Waals surface area contributed by atoms with Gasteiger partial charge in [-0.2, -0.15) is 5.10 Å². The van der Waals surface area contributed by atoms with Gasteiger partial charge in [-0.25, -0.2) is 9.97 Å². The molecule has 36 heavy (non-hydrogen) atoms. The average Bonchev–Trinajstić information content (AvgIpc) is 3.47. The molecule has 4 aromatic heterocycles. The molecule has 0 unspecified atom stereocenters. The fraction of sp³-hybridized carbons (Fsp3) is 0.0690. The lowest BCUT2D eigenvalue weighted by molar-refractivity contribution is 1.03. The van der Waals surface area contributed by atoms with Gasteiger partial charge < -0.3 is 5.32 Å². The number of hydrogen-bond donors (Lipinski definition) is 2. The van der Waals surface area contributed by atoms with Crippen molar-refractivity contribution in [3.63, 3.8) is 0 Å². The van der Waals surface area contributed by atoms with Crippen molar-refractivity contribution in [2.45, 2.75) is 13.5 Å². The minimum absolute atomic E-state index is 0.526. The highest BCUT2D eigenvalue weighted by Gasteiger charge is 2.15. The van der Waals surface area contributed by atoms with E-state index < -0.39 is 0 Å². The number of nitrogens with one attached hydrogen (secondary N) is 2. The second-order valence-electron chi connectivity index (χ2n) is 8.08. The zero-order valence-corrected chi connectivity index (χ0v) is 19.9. The van der Waals surface area contributed by atoms with Crippen molar-refractivity contribution in [2.24, 2.45) is 0 Å². The lowest BCUT2D eigenvalue weighted by atomic mass is 9.99. The highest BCUT2D eigenvalue weighted by atomic mass is 15.1. The molecule has 0 spiro atoms. The van der Waals surface area contributed by atoms with Gasteiger partial charge in [-0.15, -0.1) is 0 Å². The van der Waals surface area contributed by atoms with E-state index in [1.807, 2.05) is 61.7 Å². The quantitative estimate of drug-likeness (QED) is 0.261. The first-order chi connectivity index (χ1) is 17.8. The molecule has 0 saturated carbocycles. The summed E-state index contributed by atoms with van der Waals surface area (Å²) in [7, 11) is 0. The molecule has 0 bridgehead atoms. The SMILES string of the molecule is C=C/C=C(\C=C/C)c1cccc2nc(-c3cncc(-c4cn[nH]c4)c3)nc(NCc3ccccn3)c12. The number of H-pyrrole nitrogens is 1. The van der Waals surface area contributed by atoms with Gasteiger partial charge in [-0.1, -0.05) is 49.1 Å². The van der Waals surface area contributed by atoms with Crippen molar-refractivity contribution in [3.8, 4) is 22.5 Å². The summed E-state index contributed by atoms with van der Waals surface area (Å²) in [5, 5.41) is 11.3. The van der Waals surface area contributed by atoms with Crippen molar-refractivity contribution in [3.05, 3.63) is 116 Å². The molecule has 0 radical (unpaired) electrons. The van der Waals surface area contributed by atoms with Crippen LogP contribution in [0.15, 0.2) is 104 Å². The number of aromatic nitrogens is 6. The van der Waals surface area contributed by atoms with E-state index in [-0.39, 0.29) is 0 Å². The summed E-state index contributed by atoms with van der Waals surface area (Å²) in [5.41, 5.74) is 6.50. The zero-order valence-electron chi connectivity index (χ0n) is 19.9. The molecule has 5 rings (SSSR count). The number of fused-ring (bicyclic) bond motifs is 1. The number of benzene rings is 1. The Morgan fingerprint density at radius 1 is 1.03 bits per heavy atom. The molecule has 176 valence electrons. The van der Waals surface area contributed by atoms with Gasteiger partial charge in [-0.3, -0.25) is 15.1 Å². The largest absolute Gasteiger partial charge is 0.364 e. The maximum absolute atomic E-state index is 4.98. The molecule has 0 saturated heterocycles. The molecule has 0 amide bonds. The van der Waals surface area contributed by atoms with E-state index in [0.717, 1.165) is 50.2 Å². The molecule has 7 heteroatoms. The van der Waals surface area contributed by atoms with Gasteiger partial charge in [0, 0.05) is 41.5 Å². The van der Waals surface area contributed by atoms with Crippen LogP contribution in [0.3, 0.4) is 0 Å². The molecule has 0 aliphatic rings. The molecule has 2 N–H and O–H groups in total. The van der Waals surface area contributed by atoms with Gasteiger partial charge in [-0.05, 0) is 42.3 Å². The first-order valence-corrected chi connectivity index (χ1v) is 11.6. The van der Waals surface area contributed by atoms with Crippen LogP contribution >= 0.6 is 0 Å². The zero-order chi connectivity index (χ0) is 24.7. The van der Waals surface area contributed by atoms with Crippen LogP contribution < -0.4 is 5.32 Å². The standard InChI is InChI=1S/C29H25N7/c1-3-8-20(9-4-2)25-11-7-12-26-27(25)29(32-19-24-10-5-6-13-31-24)36-28(35-26)22-14-21(15-30-16-22)23-17-33-34-18-23/h3-18H,1,19H2,2H3,(H,33,34)(H,32,35,36)/b9-4-,20-8+. The monoisotopic (exact) mass is 471 g/mol. The second-order valence-corrected chi connectivity index (χ2v) is 8.08. The third-order valence-electron chi connectivity index (χ3n) is 5.67. The molecule has 0 atom stereocenters. The summed E-state index contributed by atoms with van der Waals surface area (Å²) in [6.45, 7) is 6.41. The smallest absolute Gasteiger partial charge is 0.163 e. The van der Waals surface area contributed by atoms with Crippen LogP contribution in [0.5, 0.6) is 0 Å². The van der Waals surface area contributed by atoms with E-state index in [4.69, 9.17) is 9.97 Å². The summed E-state index contributed by atoms with van der Waals surface area (Å²) >= 11 is 0. The third kappa shape index (κ3) is 4.81. The van der Waals surface area contributed by atoms with Crippen LogP contribution in [0.4, 0.5) is 5.82 Å². The lowest BCUT2D eigenvalue weighted by Gasteiger charge is -2.15. The number of hydrogen-bond acceptors (Lipinski definition) is 6. The highest BCUT2D eigenvalue weighted by molar-refractivity contribution is 6.01. The normalized spacial score (nSPS) is 11.8. The molecular weight excluding hydrogens is 446 g/mol. The Balaban J connectivity index is 1.67. The molecule has 5 aromatic rings. The number of nitrogens with zero attached hydrogens (tertiary/aromatic N) is 5. The lowest BCUT2D eigenvalue weighted by Crippen LogP contribution is -2.06. The van der Waals surface area contributed by atoms with Crippen LogP contribution in [0.25, 0.3) is 39.0 Å². The fourth-order valence-corrected chi connectivity index (χ4v) is 4.03. The Labute approximate surface area is 209 Å². The predicted molar refractivity (Wildman–Crippen MR) is 145 cm³/mol. The minimum atomic E-state index is 0.526. The Morgan fingerprint density at radius 3 is 2.72 bits per heavy atom.